The Morgan fingerprint density at radius 2 is 2.06 bits per heavy atom. The van der Waals surface area contributed by atoms with Gasteiger partial charge in [-0.3, -0.25) is 4.90 Å². The van der Waals surface area contributed by atoms with Crippen molar-refractivity contribution in [1.82, 2.24) is 4.90 Å². The fourth-order valence-electron chi connectivity index (χ4n) is 1.48. The van der Waals surface area contributed by atoms with Crippen molar-refractivity contribution in [3.05, 3.63) is 0 Å². The molecular formula is C10H18F2N2O2. The number of ether oxygens (including phenoxy) is 1. The molecule has 4 nitrogen and oxygen atoms in total. The van der Waals surface area contributed by atoms with E-state index < -0.39 is 30.3 Å². The van der Waals surface area contributed by atoms with E-state index in [1.54, 1.807) is 20.8 Å². The zero-order chi connectivity index (χ0) is 12.6. The molecule has 6 heteroatoms. The predicted octanol–water partition coefficient (Wildman–Crippen LogP) is 1.94. The highest BCUT2D eigenvalue weighted by molar-refractivity contribution is 5.68. The molecule has 94 valence electrons. The van der Waals surface area contributed by atoms with E-state index in [0.717, 1.165) is 4.90 Å². The third-order valence-corrected chi connectivity index (χ3v) is 2.24. The molecule has 0 saturated carbocycles. The number of rotatable bonds is 0. The average Bonchev–Trinajstić information content (AvgIpc) is 2.06. The molecule has 0 aromatic carbocycles. The molecule has 1 unspecified atom stereocenters. The van der Waals surface area contributed by atoms with Crippen molar-refractivity contribution in [3.8, 4) is 0 Å². The van der Waals surface area contributed by atoms with Crippen molar-refractivity contribution in [1.29, 1.82) is 0 Å². The molecule has 2 N–H and O–H groups in total. The Morgan fingerprint density at radius 1 is 1.50 bits per heavy atom. The topological polar surface area (TPSA) is 55.6 Å². The van der Waals surface area contributed by atoms with Crippen LogP contribution in [0, 0.1) is 0 Å². The molecule has 0 aromatic heterocycles. The fourth-order valence-corrected chi connectivity index (χ4v) is 1.48. The van der Waals surface area contributed by atoms with Crippen LogP contribution in [-0.4, -0.2) is 35.2 Å². The quantitative estimate of drug-likeness (QED) is 0.699. The highest BCUT2D eigenvalue weighted by Gasteiger charge is 2.42. The Balaban J connectivity index is 2.67. The van der Waals surface area contributed by atoms with Gasteiger partial charge in [0.05, 0.1) is 12.7 Å². The third-order valence-electron chi connectivity index (χ3n) is 2.24. The van der Waals surface area contributed by atoms with E-state index >= 15 is 0 Å². The average molecular weight is 236 g/mol. The molecule has 1 heterocycles. The van der Waals surface area contributed by atoms with E-state index in [-0.39, 0.29) is 12.8 Å². The number of nitrogens with zero attached hydrogens (tertiary/aromatic N) is 1. The summed E-state index contributed by atoms with van der Waals surface area (Å²) in [5.74, 6) is -2.87. The normalized spacial score (nSPS) is 25.4. The standard InChI is InChI=1S/C10H18F2N2O2/c1-9(2,3)16-8(15)14-6-10(11,12)5-4-7(14)13/h7H,4-6,13H2,1-3H3. The van der Waals surface area contributed by atoms with E-state index in [0.29, 0.717) is 0 Å². The predicted molar refractivity (Wildman–Crippen MR) is 55.1 cm³/mol. The molecule has 0 bridgehead atoms. The zero-order valence-corrected chi connectivity index (χ0v) is 9.80. The van der Waals surface area contributed by atoms with Gasteiger partial charge >= 0.3 is 6.09 Å². The van der Waals surface area contributed by atoms with Gasteiger partial charge in [0, 0.05) is 6.42 Å². The lowest BCUT2D eigenvalue weighted by Crippen LogP contribution is -2.56. The summed E-state index contributed by atoms with van der Waals surface area (Å²) in [4.78, 5) is 12.5. The van der Waals surface area contributed by atoms with Gasteiger partial charge in [0.2, 0.25) is 0 Å². The number of alkyl halides is 2. The van der Waals surface area contributed by atoms with Crippen LogP contribution >= 0.6 is 0 Å². The lowest BCUT2D eigenvalue weighted by Gasteiger charge is -2.38. The molecule has 0 aromatic rings. The van der Waals surface area contributed by atoms with Crippen LogP contribution in [-0.2, 0) is 4.74 Å². The van der Waals surface area contributed by atoms with Crippen molar-refractivity contribution in [3.63, 3.8) is 0 Å². The highest BCUT2D eigenvalue weighted by Crippen LogP contribution is 2.29. The maximum atomic E-state index is 13.1. The molecule has 0 aliphatic carbocycles. The number of nitrogens with two attached hydrogens (primary N) is 1. The van der Waals surface area contributed by atoms with E-state index in [1.807, 2.05) is 0 Å². The number of likely N-dealkylation sites (tertiary alicyclic amines) is 1. The van der Waals surface area contributed by atoms with Crippen LogP contribution in [0.2, 0.25) is 0 Å². The molecule has 1 amide bonds. The number of carbonyl (C=O) groups is 1. The number of hydrogen-bond acceptors (Lipinski definition) is 3. The van der Waals surface area contributed by atoms with Crippen LogP contribution < -0.4 is 5.73 Å². The van der Waals surface area contributed by atoms with Crippen LogP contribution in [0.4, 0.5) is 13.6 Å². The van der Waals surface area contributed by atoms with Crippen LogP contribution in [0.3, 0.4) is 0 Å². The summed E-state index contributed by atoms with van der Waals surface area (Å²) in [7, 11) is 0. The van der Waals surface area contributed by atoms with E-state index in [9.17, 15) is 13.6 Å². The number of piperidine rings is 1. The Kier molecular flexibility index (Phi) is 3.42. The van der Waals surface area contributed by atoms with E-state index in [4.69, 9.17) is 10.5 Å². The van der Waals surface area contributed by atoms with E-state index in [2.05, 4.69) is 0 Å². The van der Waals surface area contributed by atoms with Gasteiger partial charge < -0.3 is 10.5 Å². The second-order valence-electron chi connectivity index (χ2n) is 5.07. The monoisotopic (exact) mass is 236 g/mol. The molecule has 16 heavy (non-hydrogen) atoms. The first kappa shape index (κ1) is 13.2. The summed E-state index contributed by atoms with van der Waals surface area (Å²) in [6, 6.07) is 0. The number of hydrogen-bond donors (Lipinski definition) is 1. The largest absolute Gasteiger partial charge is 0.444 e. The summed E-state index contributed by atoms with van der Waals surface area (Å²) in [5, 5.41) is 0. The minimum Gasteiger partial charge on any atom is -0.444 e. The minimum atomic E-state index is -2.87. The van der Waals surface area contributed by atoms with Crippen molar-refractivity contribution >= 4 is 6.09 Å². The maximum Gasteiger partial charge on any atom is 0.411 e. The third kappa shape index (κ3) is 3.59. The van der Waals surface area contributed by atoms with Crippen LogP contribution in [0.5, 0.6) is 0 Å². The number of carbonyl (C=O) groups excluding carboxylic acids is 1. The molecule has 1 rings (SSSR count). The van der Waals surface area contributed by atoms with Crippen molar-refractivity contribution in [2.75, 3.05) is 6.54 Å². The Morgan fingerprint density at radius 3 is 2.56 bits per heavy atom. The van der Waals surface area contributed by atoms with Crippen LogP contribution in [0.1, 0.15) is 33.6 Å². The van der Waals surface area contributed by atoms with Gasteiger partial charge in [0.1, 0.15) is 5.60 Å². The fraction of sp³-hybridized carbons (Fsp3) is 0.900. The number of amides is 1. The SMILES string of the molecule is CC(C)(C)OC(=O)N1CC(F)(F)CCC1N. The van der Waals surface area contributed by atoms with Crippen molar-refractivity contribution < 1.29 is 18.3 Å². The molecule has 1 aliphatic rings. The minimum absolute atomic E-state index is 0.0895. The Labute approximate surface area is 93.7 Å². The van der Waals surface area contributed by atoms with Crippen molar-refractivity contribution in [2.24, 2.45) is 5.73 Å². The van der Waals surface area contributed by atoms with Crippen molar-refractivity contribution in [2.45, 2.75) is 51.3 Å². The lowest BCUT2D eigenvalue weighted by atomic mass is 10.1. The van der Waals surface area contributed by atoms with Gasteiger partial charge in [-0.05, 0) is 27.2 Å². The smallest absolute Gasteiger partial charge is 0.411 e. The molecule has 1 aliphatic heterocycles. The first-order chi connectivity index (χ1) is 7.11. The lowest BCUT2D eigenvalue weighted by molar-refractivity contribution is -0.0844. The summed E-state index contributed by atoms with van der Waals surface area (Å²) in [6.07, 6.45) is -1.66. The molecule has 1 saturated heterocycles. The summed E-state index contributed by atoms with van der Waals surface area (Å²) >= 11 is 0. The van der Waals surface area contributed by atoms with Crippen LogP contribution in [0.25, 0.3) is 0 Å². The van der Waals surface area contributed by atoms with Gasteiger partial charge in [-0.15, -0.1) is 0 Å². The molecule has 0 spiro atoms. The number of halogens is 2. The van der Waals surface area contributed by atoms with Gasteiger partial charge in [0.15, 0.2) is 0 Å². The molecular weight excluding hydrogens is 218 g/mol. The first-order valence-corrected chi connectivity index (χ1v) is 5.24. The summed E-state index contributed by atoms with van der Waals surface area (Å²) < 4.78 is 31.2. The summed E-state index contributed by atoms with van der Waals surface area (Å²) in [5.41, 5.74) is 4.91. The van der Waals surface area contributed by atoms with Gasteiger partial charge in [-0.25, -0.2) is 13.6 Å². The second kappa shape index (κ2) is 4.16. The van der Waals surface area contributed by atoms with E-state index in [1.165, 1.54) is 0 Å². The second-order valence-corrected chi connectivity index (χ2v) is 5.07. The van der Waals surface area contributed by atoms with Gasteiger partial charge in [0.25, 0.3) is 5.92 Å². The molecule has 1 fully saturated rings. The summed E-state index contributed by atoms with van der Waals surface area (Å²) in [6.45, 7) is 4.37. The molecule has 1 atom stereocenters. The van der Waals surface area contributed by atoms with Gasteiger partial charge in [-0.2, -0.15) is 0 Å². The Hall–Kier alpha value is -0.910. The Bertz CT molecular complexity index is 276. The zero-order valence-electron chi connectivity index (χ0n) is 9.80. The van der Waals surface area contributed by atoms with Crippen LogP contribution in [0.15, 0.2) is 0 Å². The first-order valence-electron chi connectivity index (χ1n) is 5.24. The molecule has 0 radical (unpaired) electrons. The maximum absolute atomic E-state index is 13.1. The highest BCUT2D eigenvalue weighted by atomic mass is 19.3. The van der Waals surface area contributed by atoms with Gasteiger partial charge in [-0.1, -0.05) is 0 Å².